The van der Waals surface area contributed by atoms with Crippen LogP contribution in [0.25, 0.3) is 0 Å². The molecule has 0 unspecified atom stereocenters. The number of aromatic nitrogens is 1. The van der Waals surface area contributed by atoms with Gasteiger partial charge in [0, 0.05) is 10.9 Å². The minimum atomic E-state index is -1.42. The molecule has 3 N–H and O–H groups in total. The number of nitrogens with one attached hydrogen (secondary N) is 1. The van der Waals surface area contributed by atoms with Gasteiger partial charge in [-0.05, 0) is 24.6 Å². The van der Waals surface area contributed by atoms with E-state index in [1.807, 2.05) is 13.8 Å². The number of carbonyl (C=O) groups is 2. The molecule has 0 saturated heterocycles. The van der Waals surface area contributed by atoms with E-state index in [9.17, 15) is 9.59 Å². The van der Waals surface area contributed by atoms with Crippen molar-refractivity contribution in [2.45, 2.75) is 32.2 Å². The zero-order valence-electron chi connectivity index (χ0n) is 13.1. The van der Waals surface area contributed by atoms with E-state index in [2.05, 4.69) is 10.3 Å². The number of hydrogen-bond acceptors (Lipinski definition) is 4. The van der Waals surface area contributed by atoms with Crippen LogP contribution >= 0.6 is 11.6 Å². The molecular formula is C16H18ClN3O3. The number of nitrogens with zero attached hydrogens (tertiary/aromatic N) is 1. The fourth-order valence-corrected chi connectivity index (χ4v) is 2.39. The molecule has 6 nitrogen and oxygen atoms in total. The summed E-state index contributed by atoms with van der Waals surface area (Å²) in [6.07, 6.45) is 1.20. The van der Waals surface area contributed by atoms with Gasteiger partial charge >= 0.3 is 0 Å². The molecule has 0 spiro atoms. The maximum absolute atomic E-state index is 12.5. The molecule has 1 heterocycles. The summed E-state index contributed by atoms with van der Waals surface area (Å²) in [7, 11) is 0. The second kappa shape index (κ2) is 6.42. The summed E-state index contributed by atoms with van der Waals surface area (Å²) in [5.41, 5.74) is 4.71. The fraction of sp³-hybridized carbons (Fsp3) is 0.312. The minimum absolute atomic E-state index is 0.0238. The predicted octanol–water partition coefficient (Wildman–Crippen LogP) is 2.58. The largest absolute Gasteiger partial charge is 0.447 e. The molecule has 0 radical (unpaired) electrons. The number of halogens is 1. The first-order valence-electron chi connectivity index (χ1n) is 7.07. The summed E-state index contributed by atoms with van der Waals surface area (Å²) in [4.78, 5) is 28.4. The van der Waals surface area contributed by atoms with E-state index in [-0.39, 0.29) is 11.6 Å². The highest BCUT2D eigenvalue weighted by Crippen LogP contribution is 2.25. The van der Waals surface area contributed by atoms with E-state index in [0.29, 0.717) is 16.3 Å². The Kier molecular flexibility index (Phi) is 4.75. The third kappa shape index (κ3) is 3.37. The van der Waals surface area contributed by atoms with Crippen molar-refractivity contribution in [3.8, 4) is 0 Å². The average Bonchev–Trinajstić information content (AvgIpc) is 2.96. The Bertz CT molecular complexity index is 742. The third-order valence-electron chi connectivity index (χ3n) is 3.59. The molecule has 7 heteroatoms. The zero-order chi connectivity index (χ0) is 17.2. The normalized spacial score (nSPS) is 13.6. The van der Waals surface area contributed by atoms with Crippen LogP contribution < -0.4 is 11.1 Å². The summed E-state index contributed by atoms with van der Waals surface area (Å²) in [5.74, 6) is -0.823. The number of carbonyl (C=O) groups excluding carboxylic acids is 2. The predicted molar refractivity (Wildman–Crippen MR) is 86.1 cm³/mol. The van der Waals surface area contributed by atoms with Gasteiger partial charge in [-0.3, -0.25) is 9.59 Å². The molecule has 1 aromatic heterocycles. The number of benzene rings is 1. The number of primary amides is 1. The van der Waals surface area contributed by atoms with Gasteiger partial charge in [-0.1, -0.05) is 37.6 Å². The Morgan fingerprint density at radius 1 is 1.39 bits per heavy atom. The summed E-state index contributed by atoms with van der Waals surface area (Å²) >= 11 is 5.97. The van der Waals surface area contributed by atoms with Crippen LogP contribution in [0.1, 0.15) is 48.5 Å². The quantitative estimate of drug-likeness (QED) is 0.877. The first-order valence-corrected chi connectivity index (χ1v) is 7.45. The van der Waals surface area contributed by atoms with Gasteiger partial charge in [0.25, 0.3) is 5.91 Å². The standard InChI is InChI=1S/C16H18ClN3O3/c1-9(2)13-12(19-8-23-13)14(21)20-16(3,15(18)22)10-5-4-6-11(17)7-10/h4-9H,1-3H3,(H2,18,22)(H,20,21)/t16-/m1/s1. The number of rotatable bonds is 5. The van der Waals surface area contributed by atoms with E-state index in [0.717, 1.165) is 0 Å². The molecular weight excluding hydrogens is 318 g/mol. The van der Waals surface area contributed by atoms with Gasteiger partial charge in [0.2, 0.25) is 5.91 Å². The van der Waals surface area contributed by atoms with Crippen LogP contribution in [0, 0.1) is 0 Å². The van der Waals surface area contributed by atoms with Gasteiger partial charge in [-0.25, -0.2) is 4.98 Å². The van der Waals surface area contributed by atoms with E-state index < -0.39 is 17.4 Å². The topological polar surface area (TPSA) is 98.2 Å². The lowest BCUT2D eigenvalue weighted by atomic mass is 9.91. The van der Waals surface area contributed by atoms with E-state index >= 15 is 0 Å². The Morgan fingerprint density at radius 3 is 2.65 bits per heavy atom. The SMILES string of the molecule is CC(C)c1ocnc1C(=O)N[C@@](C)(C(N)=O)c1cccc(Cl)c1. The Labute approximate surface area is 139 Å². The van der Waals surface area contributed by atoms with Crippen LogP contribution in [0.15, 0.2) is 35.1 Å². The molecule has 23 heavy (non-hydrogen) atoms. The van der Waals surface area contributed by atoms with E-state index in [1.165, 1.54) is 13.3 Å². The molecule has 1 aromatic carbocycles. The lowest BCUT2D eigenvalue weighted by Crippen LogP contribution is -2.53. The molecule has 0 bridgehead atoms. The summed E-state index contributed by atoms with van der Waals surface area (Å²) in [5, 5.41) is 3.08. The van der Waals surface area contributed by atoms with Crippen LogP contribution in [0.2, 0.25) is 5.02 Å². The van der Waals surface area contributed by atoms with Crippen molar-refractivity contribution in [3.05, 3.63) is 52.7 Å². The van der Waals surface area contributed by atoms with Gasteiger partial charge in [0.15, 0.2) is 12.1 Å². The number of nitrogens with two attached hydrogens (primary N) is 1. The van der Waals surface area contributed by atoms with E-state index in [1.54, 1.807) is 24.3 Å². The number of oxazole rings is 1. The first kappa shape index (κ1) is 17.0. The Hall–Kier alpha value is -2.34. The molecule has 0 saturated carbocycles. The van der Waals surface area contributed by atoms with Gasteiger partial charge in [0.05, 0.1) is 0 Å². The maximum atomic E-state index is 12.5. The molecule has 2 amide bonds. The molecule has 0 aliphatic heterocycles. The second-order valence-corrected chi connectivity index (χ2v) is 6.11. The highest BCUT2D eigenvalue weighted by Gasteiger charge is 2.36. The second-order valence-electron chi connectivity index (χ2n) is 5.67. The lowest BCUT2D eigenvalue weighted by molar-refractivity contribution is -0.123. The molecule has 0 fully saturated rings. The Balaban J connectivity index is 2.38. The third-order valence-corrected chi connectivity index (χ3v) is 3.83. The summed E-state index contributed by atoms with van der Waals surface area (Å²) < 4.78 is 5.24. The average molecular weight is 336 g/mol. The van der Waals surface area contributed by atoms with Crippen LogP contribution in [0.3, 0.4) is 0 Å². The number of hydrogen-bond donors (Lipinski definition) is 2. The van der Waals surface area contributed by atoms with Crippen LogP contribution in [0.4, 0.5) is 0 Å². The van der Waals surface area contributed by atoms with Gasteiger partial charge in [-0.15, -0.1) is 0 Å². The highest BCUT2D eigenvalue weighted by atomic mass is 35.5. The molecule has 0 aliphatic carbocycles. The summed E-state index contributed by atoms with van der Waals surface area (Å²) in [6, 6.07) is 6.60. The van der Waals surface area contributed by atoms with Crippen LogP contribution in [0.5, 0.6) is 0 Å². The van der Waals surface area contributed by atoms with Crippen LogP contribution in [-0.4, -0.2) is 16.8 Å². The van der Waals surface area contributed by atoms with Crippen molar-refractivity contribution >= 4 is 23.4 Å². The van der Waals surface area contributed by atoms with Crippen molar-refractivity contribution in [1.82, 2.24) is 10.3 Å². The maximum Gasteiger partial charge on any atom is 0.274 e. The van der Waals surface area contributed by atoms with Crippen molar-refractivity contribution in [2.24, 2.45) is 5.73 Å². The van der Waals surface area contributed by atoms with Crippen molar-refractivity contribution in [3.63, 3.8) is 0 Å². The zero-order valence-corrected chi connectivity index (χ0v) is 13.8. The van der Waals surface area contributed by atoms with E-state index in [4.69, 9.17) is 21.8 Å². The molecule has 122 valence electrons. The highest BCUT2D eigenvalue weighted by molar-refractivity contribution is 6.30. The van der Waals surface area contributed by atoms with Gasteiger partial charge in [0.1, 0.15) is 11.3 Å². The molecule has 1 atom stereocenters. The van der Waals surface area contributed by atoms with Crippen molar-refractivity contribution in [1.29, 1.82) is 0 Å². The van der Waals surface area contributed by atoms with Crippen molar-refractivity contribution < 1.29 is 14.0 Å². The smallest absolute Gasteiger partial charge is 0.274 e. The van der Waals surface area contributed by atoms with Gasteiger partial charge in [-0.2, -0.15) is 0 Å². The van der Waals surface area contributed by atoms with Crippen LogP contribution in [-0.2, 0) is 10.3 Å². The lowest BCUT2D eigenvalue weighted by Gasteiger charge is -2.28. The molecule has 0 aliphatic rings. The minimum Gasteiger partial charge on any atom is -0.447 e. The Morgan fingerprint density at radius 2 is 2.09 bits per heavy atom. The molecule has 2 aromatic rings. The fourth-order valence-electron chi connectivity index (χ4n) is 2.20. The molecule has 2 rings (SSSR count). The monoisotopic (exact) mass is 335 g/mol. The first-order chi connectivity index (χ1) is 10.8. The summed E-state index contributed by atoms with van der Waals surface area (Å²) in [6.45, 7) is 5.27. The van der Waals surface area contributed by atoms with Gasteiger partial charge < -0.3 is 15.5 Å². The number of amides is 2. The van der Waals surface area contributed by atoms with Crippen molar-refractivity contribution in [2.75, 3.05) is 0 Å².